The molecule has 0 unspecified atom stereocenters. The van der Waals surface area contributed by atoms with E-state index in [2.05, 4.69) is 53.2 Å². The number of benzene rings is 2. The van der Waals surface area contributed by atoms with Gasteiger partial charge in [0.2, 0.25) is 6.79 Å². The maximum Gasteiger partial charge on any atom is 0.231 e. The molecule has 0 aliphatic carbocycles. The highest BCUT2D eigenvalue weighted by atomic mass is 32.2. The molecule has 0 saturated carbocycles. The number of nitrogens with zero attached hydrogens (tertiary/aromatic N) is 4. The van der Waals surface area contributed by atoms with E-state index in [0.717, 1.165) is 24.5 Å². The van der Waals surface area contributed by atoms with Crippen LogP contribution >= 0.6 is 11.8 Å². The van der Waals surface area contributed by atoms with E-state index in [4.69, 9.17) is 9.47 Å². The third-order valence-electron chi connectivity index (χ3n) is 5.12. The van der Waals surface area contributed by atoms with Gasteiger partial charge in [-0.05, 0) is 56.3 Å². The Labute approximate surface area is 180 Å². The Morgan fingerprint density at radius 2 is 1.80 bits per heavy atom. The molecule has 0 bridgehead atoms. The van der Waals surface area contributed by atoms with Crippen molar-refractivity contribution >= 4 is 23.2 Å². The quantitative estimate of drug-likeness (QED) is 0.399. The summed E-state index contributed by atoms with van der Waals surface area (Å²) in [5.74, 6) is 2.33. The molecule has 0 spiro atoms. The SMILES string of the molecule is CCN(CC)c1ccc(-c2nnc(SCC(=O)c3ccc4c(c3)OCO4)n2C)cc1. The molecular formula is C22H24N4O3S. The van der Waals surface area contributed by atoms with E-state index >= 15 is 0 Å². The Balaban J connectivity index is 1.44. The van der Waals surface area contributed by atoms with Gasteiger partial charge >= 0.3 is 0 Å². The molecule has 7 nitrogen and oxygen atoms in total. The van der Waals surface area contributed by atoms with E-state index in [9.17, 15) is 4.79 Å². The van der Waals surface area contributed by atoms with Crippen LogP contribution < -0.4 is 14.4 Å². The Morgan fingerprint density at radius 3 is 2.53 bits per heavy atom. The molecule has 1 aliphatic rings. The van der Waals surface area contributed by atoms with Crippen LogP contribution in [-0.2, 0) is 7.05 Å². The molecule has 0 saturated heterocycles. The average Bonchev–Trinajstić information content (AvgIpc) is 3.39. The number of aromatic nitrogens is 3. The molecule has 0 atom stereocenters. The molecule has 0 N–H and O–H groups in total. The molecule has 0 fully saturated rings. The summed E-state index contributed by atoms with van der Waals surface area (Å²) in [6.07, 6.45) is 0. The Morgan fingerprint density at radius 1 is 1.07 bits per heavy atom. The molecule has 2 heterocycles. The van der Waals surface area contributed by atoms with E-state index < -0.39 is 0 Å². The van der Waals surface area contributed by atoms with Crippen LogP contribution in [-0.4, -0.2) is 46.2 Å². The summed E-state index contributed by atoms with van der Waals surface area (Å²) in [7, 11) is 1.92. The van der Waals surface area contributed by atoms with Gasteiger partial charge in [0, 0.05) is 37.0 Å². The lowest BCUT2D eigenvalue weighted by Crippen LogP contribution is -2.21. The Hall–Kier alpha value is -3.00. The second-order valence-electron chi connectivity index (χ2n) is 6.86. The maximum absolute atomic E-state index is 12.6. The van der Waals surface area contributed by atoms with Gasteiger partial charge < -0.3 is 18.9 Å². The molecule has 30 heavy (non-hydrogen) atoms. The highest BCUT2D eigenvalue weighted by molar-refractivity contribution is 7.99. The van der Waals surface area contributed by atoms with Gasteiger partial charge in [0.15, 0.2) is 28.3 Å². The summed E-state index contributed by atoms with van der Waals surface area (Å²) in [4.78, 5) is 14.9. The smallest absolute Gasteiger partial charge is 0.231 e. The second kappa shape index (κ2) is 8.79. The molecule has 8 heteroatoms. The van der Waals surface area contributed by atoms with Crippen LogP contribution in [0.4, 0.5) is 5.69 Å². The van der Waals surface area contributed by atoms with Gasteiger partial charge in [-0.3, -0.25) is 4.79 Å². The lowest BCUT2D eigenvalue weighted by molar-refractivity contribution is 0.102. The lowest BCUT2D eigenvalue weighted by Gasteiger charge is -2.21. The molecule has 1 aromatic heterocycles. The summed E-state index contributed by atoms with van der Waals surface area (Å²) in [5, 5.41) is 9.30. The number of hydrogen-bond donors (Lipinski definition) is 0. The third-order valence-corrected chi connectivity index (χ3v) is 6.14. The number of carbonyl (C=O) groups is 1. The van der Waals surface area contributed by atoms with Crippen molar-refractivity contribution in [2.24, 2.45) is 7.05 Å². The van der Waals surface area contributed by atoms with Crippen molar-refractivity contribution in [2.45, 2.75) is 19.0 Å². The van der Waals surface area contributed by atoms with Crippen molar-refractivity contribution in [3.63, 3.8) is 0 Å². The van der Waals surface area contributed by atoms with Gasteiger partial charge in [0.1, 0.15) is 0 Å². The highest BCUT2D eigenvalue weighted by Gasteiger charge is 2.18. The second-order valence-corrected chi connectivity index (χ2v) is 7.81. The fourth-order valence-corrected chi connectivity index (χ4v) is 4.19. The first-order valence-corrected chi connectivity index (χ1v) is 10.9. The monoisotopic (exact) mass is 424 g/mol. The first-order chi connectivity index (χ1) is 14.6. The number of ether oxygens (including phenoxy) is 2. The summed E-state index contributed by atoms with van der Waals surface area (Å²) >= 11 is 1.37. The Bertz CT molecular complexity index is 1050. The third kappa shape index (κ3) is 4.00. The molecular weight excluding hydrogens is 400 g/mol. The lowest BCUT2D eigenvalue weighted by atomic mass is 10.1. The number of rotatable bonds is 8. The zero-order chi connectivity index (χ0) is 21.1. The number of Topliss-reactive ketones (excluding diaryl/α,β-unsaturated/α-hetero) is 1. The van der Waals surface area contributed by atoms with E-state index in [1.165, 1.54) is 17.4 Å². The minimum absolute atomic E-state index is 0.00595. The first kappa shape index (κ1) is 20.3. The molecule has 0 amide bonds. The number of anilines is 1. The summed E-state index contributed by atoms with van der Waals surface area (Å²) < 4.78 is 12.6. The van der Waals surface area contributed by atoms with Crippen molar-refractivity contribution in [2.75, 3.05) is 30.5 Å². The van der Waals surface area contributed by atoms with Crippen molar-refractivity contribution in [1.29, 1.82) is 0 Å². The number of hydrogen-bond acceptors (Lipinski definition) is 7. The van der Waals surface area contributed by atoms with Crippen LogP contribution in [0.1, 0.15) is 24.2 Å². The van der Waals surface area contributed by atoms with Crippen molar-refractivity contribution < 1.29 is 14.3 Å². The zero-order valence-electron chi connectivity index (χ0n) is 17.3. The zero-order valence-corrected chi connectivity index (χ0v) is 18.1. The number of thioether (sulfide) groups is 1. The molecule has 156 valence electrons. The summed E-state index contributed by atoms with van der Waals surface area (Å²) in [6.45, 7) is 6.43. The van der Waals surface area contributed by atoms with Crippen LogP contribution in [0.15, 0.2) is 47.6 Å². The first-order valence-electron chi connectivity index (χ1n) is 9.91. The van der Waals surface area contributed by atoms with Gasteiger partial charge in [-0.1, -0.05) is 11.8 Å². The fraction of sp³-hybridized carbons (Fsp3) is 0.318. The summed E-state index contributed by atoms with van der Waals surface area (Å²) in [5.41, 5.74) is 2.78. The van der Waals surface area contributed by atoms with Crippen LogP contribution in [0.3, 0.4) is 0 Å². The average molecular weight is 425 g/mol. The van der Waals surface area contributed by atoms with Crippen molar-refractivity contribution in [1.82, 2.24) is 14.8 Å². The van der Waals surface area contributed by atoms with Gasteiger partial charge in [-0.15, -0.1) is 10.2 Å². The predicted octanol–water partition coefficient (Wildman–Crippen LogP) is 4.03. The minimum Gasteiger partial charge on any atom is -0.454 e. The van der Waals surface area contributed by atoms with Gasteiger partial charge in [0.05, 0.1) is 5.75 Å². The normalized spacial score (nSPS) is 12.2. The van der Waals surface area contributed by atoms with E-state index in [-0.39, 0.29) is 18.3 Å². The van der Waals surface area contributed by atoms with Crippen molar-refractivity contribution in [3.05, 3.63) is 48.0 Å². The molecule has 4 rings (SSSR count). The van der Waals surface area contributed by atoms with Crippen molar-refractivity contribution in [3.8, 4) is 22.9 Å². The molecule has 2 aromatic carbocycles. The van der Waals surface area contributed by atoms with E-state index in [1.54, 1.807) is 18.2 Å². The van der Waals surface area contributed by atoms with E-state index in [0.29, 0.717) is 22.2 Å². The molecule has 0 radical (unpaired) electrons. The van der Waals surface area contributed by atoms with Crippen LogP contribution in [0.25, 0.3) is 11.4 Å². The van der Waals surface area contributed by atoms with Crippen LogP contribution in [0, 0.1) is 0 Å². The fourth-order valence-electron chi connectivity index (χ4n) is 3.39. The van der Waals surface area contributed by atoms with Crippen LogP contribution in [0.5, 0.6) is 11.5 Å². The Kier molecular flexibility index (Phi) is 5.94. The topological polar surface area (TPSA) is 69.5 Å². The molecule has 3 aromatic rings. The number of carbonyl (C=O) groups excluding carboxylic acids is 1. The van der Waals surface area contributed by atoms with Gasteiger partial charge in [-0.2, -0.15) is 0 Å². The number of ketones is 1. The standard InChI is InChI=1S/C22H24N4O3S/c1-4-26(5-2)17-9-6-15(7-10-17)21-23-24-22(25(21)3)30-13-18(27)16-8-11-19-20(12-16)29-14-28-19/h6-12H,4-5,13-14H2,1-3H3. The minimum atomic E-state index is 0.00595. The van der Waals surface area contributed by atoms with Crippen LogP contribution in [0.2, 0.25) is 0 Å². The van der Waals surface area contributed by atoms with E-state index in [1.807, 2.05) is 11.6 Å². The molecule has 1 aliphatic heterocycles. The summed E-state index contributed by atoms with van der Waals surface area (Å²) in [6, 6.07) is 13.6. The highest BCUT2D eigenvalue weighted by Crippen LogP contribution is 2.33. The maximum atomic E-state index is 12.6. The largest absolute Gasteiger partial charge is 0.454 e. The van der Waals surface area contributed by atoms with Gasteiger partial charge in [-0.25, -0.2) is 0 Å². The predicted molar refractivity (Wildman–Crippen MR) is 118 cm³/mol. The number of fused-ring (bicyclic) bond motifs is 1. The van der Waals surface area contributed by atoms with Gasteiger partial charge in [0.25, 0.3) is 0 Å².